The summed E-state index contributed by atoms with van der Waals surface area (Å²) in [5, 5.41) is 0. The molecule has 0 aliphatic heterocycles. The standard InChI is InChI=1S/C28H31OP/c29-27(23-30)21-13-2-1-3-14-22-28(24-15-7-4-8-16-24,25-17-9-5-10-18-25)26-19-11-6-12-20-26/h4-12,15-20,23,30H,1-3,13-14,21-22H2/p+1. The third-order valence-electron chi connectivity index (χ3n) is 5.96. The molecule has 0 bridgehead atoms. The van der Waals surface area contributed by atoms with E-state index in [1.165, 1.54) is 29.5 Å². The molecule has 0 amide bonds. The van der Waals surface area contributed by atoms with E-state index < -0.39 is 0 Å². The summed E-state index contributed by atoms with van der Waals surface area (Å²) in [5.74, 6) is 1.84. The van der Waals surface area contributed by atoms with Crippen molar-refractivity contribution in [2.24, 2.45) is 0 Å². The molecule has 1 nitrogen and oxygen atoms in total. The number of hydrogen-bond acceptors (Lipinski definition) is 1. The summed E-state index contributed by atoms with van der Waals surface area (Å²) in [6.07, 6.45) is 7.38. The number of carbonyl (C=O) groups excluding carboxylic acids is 1. The molecule has 3 aromatic rings. The Hall–Kier alpha value is -2.50. The van der Waals surface area contributed by atoms with E-state index in [0.29, 0.717) is 6.42 Å². The van der Waals surface area contributed by atoms with Crippen molar-refractivity contribution in [3.8, 4) is 0 Å². The van der Waals surface area contributed by atoms with Gasteiger partial charge in [-0.15, -0.1) is 0 Å². The highest BCUT2D eigenvalue weighted by atomic mass is 31.0. The van der Waals surface area contributed by atoms with Crippen molar-refractivity contribution in [2.75, 3.05) is 0 Å². The molecule has 0 saturated carbocycles. The molecule has 0 fully saturated rings. The second kappa shape index (κ2) is 11.6. The average Bonchev–Trinajstić information content (AvgIpc) is 2.82. The first kappa shape index (κ1) is 22.2. The maximum atomic E-state index is 11.4. The van der Waals surface area contributed by atoms with Gasteiger partial charge in [0.05, 0.1) is 8.86 Å². The predicted molar refractivity (Wildman–Crippen MR) is 132 cm³/mol. The number of hydrogen-bond donors (Lipinski definition) is 0. The molecule has 30 heavy (non-hydrogen) atoms. The zero-order chi connectivity index (χ0) is 21.1. The van der Waals surface area contributed by atoms with E-state index in [4.69, 9.17) is 0 Å². The SMILES string of the molecule is O=C(C=[PH2+])CCCCCCCC(c1ccccc1)(c1ccccc1)c1ccccc1. The van der Waals surface area contributed by atoms with Crippen LogP contribution in [0.5, 0.6) is 0 Å². The molecule has 1 unspecified atom stereocenters. The lowest BCUT2D eigenvalue weighted by atomic mass is 9.66. The van der Waals surface area contributed by atoms with Gasteiger partial charge in [0, 0.05) is 11.8 Å². The topological polar surface area (TPSA) is 17.1 Å². The second-order valence-corrected chi connectivity index (χ2v) is 8.24. The normalized spacial score (nSPS) is 11.2. The second-order valence-electron chi connectivity index (χ2n) is 7.90. The quantitative estimate of drug-likeness (QED) is 0.177. The van der Waals surface area contributed by atoms with Crippen molar-refractivity contribution < 1.29 is 4.79 Å². The summed E-state index contributed by atoms with van der Waals surface area (Å²) in [7, 11) is 2.41. The van der Waals surface area contributed by atoms with Gasteiger partial charge in [-0.05, 0) is 29.5 Å². The van der Waals surface area contributed by atoms with E-state index in [9.17, 15) is 4.79 Å². The fourth-order valence-corrected chi connectivity index (χ4v) is 4.57. The molecule has 0 heterocycles. The molecular formula is C28H32OP+. The molecule has 0 radical (unpaired) electrons. The van der Waals surface area contributed by atoms with Gasteiger partial charge >= 0.3 is 0 Å². The molecule has 0 aliphatic rings. The number of rotatable bonds is 12. The van der Waals surface area contributed by atoms with Crippen LogP contribution in [0.25, 0.3) is 0 Å². The molecular weight excluding hydrogens is 383 g/mol. The number of Topliss-reactive ketones (excluding diaryl/α,β-unsaturated/α-hetero) is 1. The Bertz CT molecular complexity index is 806. The molecule has 2 heteroatoms. The van der Waals surface area contributed by atoms with Crippen LogP contribution < -0.4 is 0 Å². The zero-order valence-corrected chi connectivity index (χ0v) is 18.8. The fourth-order valence-electron chi connectivity index (χ4n) is 4.40. The molecule has 0 saturated heterocycles. The third kappa shape index (κ3) is 5.55. The van der Waals surface area contributed by atoms with E-state index >= 15 is 0 Å². The average molecular weight is 416 g/mol. The van der Waals surface area contributed by atoms with Crippen LogP contribution in [0.4, 0.5) is 0 Å². The first-order valence-corrected chi connectivity index (χ1v) is 11.7. The van der Waals surface area contributed by atoms with Crippen LogP contribution in [0.3, 0.4) is 0 Å². The molecule has 0 aromatic heterocycles. The first-order chi connectivity index (χ1) is 14.8. The lowest BCUT2D eigenvalue weighted by Crippen LogP contribution is -2.29. The van der Waals surface area contributed by atoms with Gasteiger partial charge in [0.1, 0.15) is 5.80 Å². The summed E-state index contributed by atoms with van der Waals surface area (Å²) >= 11 is 0. The molecule has 1 atom stereocenters. The van der Waals surface area contributed by atoms with E-state index in [1.807, 2.05) is 0 Å². The summed E-state index contributed by atoms with van der Waals surface area (Å²) in [6, 6.07) is 32.8. The van der Waals surface area contributed by atoms with E-state index in [2.05, 4.69) is 99.9 Å². The highest BCUT2D eigenvalue weighted by Gasteiger charge is 2.35. The maximum Gasteiger partial charge on any atom is 0.196 e. The van der Waals surface area contributed by atoms with Crippen LogP contribution in [0.1, 0.15) is 61.6 Å². The van der Waals surface area contributed by atoms with Crippen LogP contribution in [-0.2, 0) is 10.2 Å². The van der Waals surface area contributed by atoms with Gasteiger partial charge in [0.25, 0.3) is 0 Å². The van der Waals surface area contributed by atoms with Crippen molar-refractivity contribution in [2.45, 2.75) is 50.4 Å². The molecule has 3 rings (SSSR count). The smallest absolute Gasteiger partial charge is 0.196 e. The number of carbonyl (C=O) groups is 1. The Morgan fingerprint density at radius 2 is 1.03 bits per heavy atom. The van der Waals surface area contributed by atoms with Crippen molar-refractivity contribution >= 4 is 20.4 Å². The van der Waals surface area contributed by atoms with Gasteiger partial charge in [-0.25, -0.2) is 0 Å². The van der Waals surface area contributed by atoms with Gasteiger partial charge in [0.2, 0.25) is 0 Å². The lowest BCUT2D eigenvalue weighted by molar-refractivity contribution is -0.112. The molecule has 3 aromatic carbocycles. The van der Waals surface area contributed by atoms with Gasteiger partial charge in [-0.3, -0.25) is 4.79 Å². The number of ketones is 1. The Morgan fingerprint density at radius 1 is 0.633 bits per heavy atom. The van der Waals surface area contributed by atoms with Gasteiger partial charge in [-0.1, -0.05) is 117 Å². The van der Waals surface area contributed by atoms with E-state index in [1.54, 1.807) is 5.80 Å². The third-order valence-corrected chi connectivity index (χ3v) is 6.33. The molecule has 0 aliphatic carbocycles. The monoisotopic (exact) mass is 415 g/mol. The van der Waals surface area contributed by atoms with Gasteiger partial charge < -0.3 is 0 Å². The van der Waals surface area contributed by atoms with E-state index in [-0.39, 0.29) is 11.2 Å². The number of unbranched alkanes of at least 4 members (excludes halogenated alkanes) is 4. The van der Waals surface area contributed by atoms with Crippen molar-refractivity contribution in [1.29, 1.82) is 0 Å². The Morgan fingerprint density at radius 3 is 1.47 bits per heavy atom. The van der Waals surface area contributed by atoms with Crippen molar-refractivity contribution in [3.05, 3.63) is 108 Å². The van der Waals surface area contributed by atoms with Crippen LogP contribution in [0.2, 0.25) is 0 Å². The maximum absolute atomic E-state index is 11.4. The van der Waals surface area contributed by atoms with Crippen LogP contribution >= 0.6 is 8.86 Å². The first-order valence-electron chi connectivity index (χ1n) is 11.0. The molecule has 154 valence electrons. The summed E-state index contributed by atoms with van der Waals surface area (Å²) in [4.78, 5) is 11.4. The summed E-state index contributed by atoms with van der Waals surface area (Å²) in [5.41, 5.74) is 3.91. The minimum absolute atomic E-state index is 0.145. The van der Waals surface area contributed by atoms with Crippen LogP contribution in [0, 0.1) is 0 Å². The Balaban J connectivity index is 1.81. The van der Waals surface area contributed by atoms with Crippen molar-refractivity contribution in [1.82, 2.24) is 0 Å². The Kier molecular flexibility index (Phi) is 8.60. The summed E-state index contributed by atoms with van der Waals surface area (Å²) in [6.45, 7) is 0. The van der Waals surface area contributed by atoms with E-state index in [0.717, 1.165) is 25.7 Å². The Labute approximate surface area is 183 Å². The van der Waals surface area contributed by atoms with Crippen LogP contribution in [-0.4, -0.2) is 11.6 Å². The summed E-state index contributed by atoms with van der Waals surface area (Å²) < 4.78 is 0. The van der Waals surface area contributed by atoms with Gasteiger partial charge in [-0.2, -0.15) is 0 Å². The highest BCUT2D eigenvalue weighted by molar-refractivity contribution is 7.22. The molecule has 0 spiro atoms. The minimum atomic E-state index is -0.145. The molecule has 0 N–H and O–H groups in total. The van der Waals surface area contributed by atoms with Crippen LogP contribution in [0.15, 0.2) is 91.0 Å². The fraction of sp³-hybridized carbons (Fsp3) is 0.286. The number of benzene rings is 3. The zero-order valence-electron chi connectivity index (χ0n) is 17.7. The van der Waals surface area contributed by atoms with Crippen molar-refractivity contribution in [3.63, 3.8) is 0 Å². The highest BCUT2D eigenvalue weighted by Crippen LogP contribution is 2.43. The van der Waals surface area contributed by atoms with Gasteiger partial charge in [0.15, 0.2) is 5.78 Å². The lowest BCUT2D eigenvalue weighted by Gasteiger charge is -2.36. The predicted octanol–water partition coefficient (Wildman–Crippen LogP) is 7.00. The largest absolute Gasteiger partial charge is 0.291 e. The minimum Gasteiger partial charge on any atom is -0.291 e.